The van der Waals surface area contributed by atoms with Gasteiger partial charge in [0, 0.05) is 13.2 Å². The summed E-state index contributed by atoms with van der Waals surface area (Å²) in [6, 6.07) is 7.32. The molecule has 1 saturated carbocycles. The van der Waals surface area contributed by atoms with E-state index >= 15 is 0 Å². The van der Waals surface area contributed by atoms with Crippen molar-refractivity contribution in [3.05, 3.63) is 40.8 Å². The molecule has 1 aromatic carbocycles. The molecule has 1 N–H and O–H groups in total. The first-order chi connectivity index (χ1) is 12.2. The van der Waals surface area contributed by atoms with Crippen molar-refractivity contribution in [3.63, 3.8) is 0 Å². The van der Waals surface area contributed by atoms with E-state index in [2.05, 4.69) is 10.3 Å². The molecule has 0 aliphatic heterocycles. The maximum Gasteiger partial charge on any atom is 0.269 e. The number of hydrogen-bond acceptors (Lipinski definition) is 4. The molecule has 6 nitrogen and oxygen atoms in total. The van der Waals surface area contributed by atoms with Gasteiger partial charge in [0.05, 0.1) is 23.3 Å². The van der Waals surface area contributed by atoms with Crippen molar-refractivity contribution >= 4 is 16.9 Å². The summed E-state index contributed by atoms with van der Waals surface area (Å²) in [7, 11) is 0. The molecule has 1 heterocycles. The lowest BCUT2D eigenvalue weighted by Gasteiger charge is -2.21. The van der Waals surface area contributed by atoms with E-state index in [1.165, 1.54) is 30.0 Å². The van der Waals surface area contributed by atoms with Gasteiger partial charge in [0.15, 0.2) is 0 Å². The lowest BCUT2D eigenvalue weighted by Crippen LogP contribution is -2.33. The molecular formula is C19H25N3O3. The van der Waals surface area contributed by atoms with E-state index in [1.807, 2.05) is 18.2 Å². The van der Waals surface area contributed by atoms with Gasteiger partial charge in [-0.15, -0.1) is 0 Å². The molecule has 25 heavy (non-hydrogen) atoms. The summed E-state index contributed by atoms with van der Waals surface area (Å²) in [5, 5.41) is 2.86. The minimum absolute atomic E-state index is 0.00531. The predicted molar refractivity (Wildman–Crippen MR) is 96.5 cm³/mol. The molecule has 0 spiro atoms. The maximum atomic E-state index is 12.1. The first-order valence-electron chi connectivity index (χ1n) is 9.07. The Hall–Kier alpha value is -2.21. The molecule has 0 unspecified atom stereocenters. The highest BCUT2D eigenvalue weighted by Gasteiger charge is 2.13. The number of carbonyl (C=O) groups excluding carboxylic acids is 1. The number of rotatable bonds is 7. The molecule has 0 bridgehead atoms. The van der Waals surface area contributed by atoms with Crippen LogP contribution in [0.15, 0.2) is 35.3 Å². The van der Waals surface area contributed by atoms with Gasteiger partial charge >= 0.3 is 0 Å². The number of aromatic nitrogens is 2. The van der Waals surface area contributed by atoms with Crippen molar-refractivity contribution in [2.75, 3.05) is 13.2 Å². The van der Waals surface area contributed by atoms with Gasteiger partial charge in [0.1, 0.15) is 6.54 Å². The first kappa shape index (κ1) is 17.6. The highest BCUT2D eigenvalue weighted by molar-refractivity contribution is 5.79. The van der Waals surface area contributed by atoms with E-state index in [1.54, 1.807) is 6.07 Å². The Labute approximate surface area is 147 Å². The van der Waals surface area contributed by atoms with Gasteiger partial charge in [0.25, 0.3) is 5.56 Å². The zero-order chi connectivity index (χ0) is 17.5. The summed E-state index contributed by atoms with van der Waals surface area (Å²) in [5.74, 6) is -0.170. The van der Waals surface area contributed by atoms with Crippen LogP contribution in [0.25, 0.3) is 11.0 Å². The van der Waals surface area contributed by atoms with E-state index in [4.69, 9.17) is 4.74 Å². The average Bonchev–Trinajstić information content (AvgIpc) is 2.65. The van der Waals surface area contributed by atoms with E-state index in [0.29, 0.717) is 30.3 Å². The fourth-order valence-electron chi connectivity index (χ4n) is 3.26. The van der Waals surface area contributed by atoms with E-state index in [0.717, 1.165) is 19.3 Å². The normalized spacial score (nSPS) is 15.4. The number of fused-ring (bicyclic) bond motifs is 1. The summed E-state index contributed by atoms with van der Waals surface area (Å²) < 4.78 is 7.30. The molecule has 2 aromatic rings. The molecule has 1 aliphatic rings. The van der Waals surface area contributed by atoms with Crippen LogP contribution in [-0.4, -0.2) is 34.7 Å². The fourth-order valence-corrected chi connectivity index (χ4v) is 3.26. The van der Waals surface area contributed by atoms with Crippen LogP contribution in [0.2, 0.25) is 0 Å². The van der Waals surface area contributed by atoms with Crippen LogP contribution in [0.4, 0.5) is 0 Å². The standard InChI is InChI=1S/C19H25N3O3/c23-18(20-11-6-12-25-15-7-2-1-3-8-15)14-22-17-10-5-4-9-16(17)21-13-19(22)24/h4-5,9-10,13,15H,1-3,6-8,11-12,14H2,(H,20,23). The summed E-state index contributed by atoms with van der Waals surface area (Å²) in [6.45, 7) is 1.23. The van der Waals surface area contributed by atoms with Crippen molar-refractivity contribution in [1.29, 1.82) is 0 Å². The van der Waals surface area contributed by atoms with Gasteiger partial charge in [-0.25, -0.2) is 4.98 Å². The summed E-state index contributed by atoms with van der Waals surface area (Å²) >= 11 is 0. The lowest BCUT2D eigenvalue weighted by atomic mass is 9.98. The van der Waals surface area contributed by atoms with Crippen molar-refractivity contribution < 1.29 is 9.53 Å². The van der Waals surface area contributed by atoms with Gasteiger partial charge in [-0.2, -0.15) is 0 Å². The third-order valence-corrected chi connectivity index (χ3v) is 4.60. The van der Waals surface area contributed by atoms with Crippen LogP contribution in [0.5, 0.6) is 0 Å². The number of carbonyl (C=O) groups is 1. The minimum Gasteiger partial charge on any atom is -0.378 e. The first-order valence-corrected chi connectivity index (χ1v) is 9.07. The number of nitrogens with zero attached hydrogens (tertiary/aromatic N) is 2. The van der Waals surface area contributed by atoms with Crippen molar-refractivity contribution in [1.82, 2.24) is 14.9 Å². The van der Waals surface area contributed by atoms with Crippen LogP contribution in [0.1, 0.15) is 38.5 Å². The lowest BCUT2D eigenvalue weighted by molar-refractivity contribution is -0.121. The number of ether oxygens (including phenoxy) is 1. The smallest absolute Gasteiger partial charge is 0.269 e. The van der Waals surface area contributed by atoms with Crippen molar-refractivity contribution in [2.45, 2.75) is 51.2 Å². The largest absolute Gasteiger partial charge is 0.378 e. The third-order valence-electron chi connectivity index (χ3n) is 4.60. The Morgan fingerprint density at radius 2 is 2.04 bits per heavy atom. The summed E-state index contributed by atoms with van der Waals surface area (Å²) in [4.78, 5) is 28.3. The van der Waals surface area contributed by atoms with Gasteiger partial charge in [-0.3, -0.25) is 14.2 Å². The maximum absolute atomic E-state index is 12.1. The number of amides is 1. The Morgan fingerprint density at radius 3 is 2.88 bits per heavy atom. The number of benzene rings is 1. The van der Waals surface area contributed by atoms with Gasteiger partial charge in [-0.05, 0) is 31.4 Å². The third kappa shape index (κ3) is 4.89. The number of para-hydroxylation sites is 2. The Morgan fingerprint density at radius 1 is 1.24 bits per heavy atom. The molecule has 0 atom stereocenters. The molecule has 134 valence electrons. The highest BCUT2D eigenvalue weighted by Crippen LogP contribution is 2.20. The van der Waals surface area contributed by atoms with Crippen molar-refractivity contribution in [3.8, 4) is 0 Å². The second-order valence-electron chi connectivity index (χ2n) is 6.51. The topological polar surface area (TPSA) is 73.2 Å². The molecule has 1 aromatic heterocycles. The van der Waals surface area contributed by atoms with Gasteiger partial charge in [-0.1, -0.05) is 31.4 Å². The van der Waals surface area contributed by atoms with Crippen LogP contribution in [-0.2, 0) is 16.1 Å². The van der Waals surface area contributed by atoms with Crippen LogP contribution in [0, 0.1) is 0 Å². The van der Waals surface area contributed by atoms with E-state index in [-0.39, 0.29) is 18.0 Å². The Balaban J connectivity index is 1.45. The fraction of sp³-hybridized carbons (Fsp3) is 0.526. The highest BCUT2D eigenvalue weighted by atomic mass is 16.5. The van der Waals surface area contributed by atoms with Crippen LogP contribution < -0.4 is 10.9 Å². The average molecular weight is 343 g/mol. The molecule has 6 heteroatoms. The molecule has 1 amide bonds. The summed E-state index contributed by atoms with van der Waals surface area (Å²) in [5.41, 5.74) is 1.11. The zero-order valence-corrected chi connectivity index (χ0v) is 14.4. The van der Waals surface area contributed by atoms with Crippen molar-refractivity contribution in [2.24, 2.45) is 0 Å². The SMILES string of the molecule is O=C(Cn1c(=O)cnc2ccccc21)NCCCOC1CCCCC1. The van der Waals surface area contributed by atoms with E-state index < -0.39 is 0 Å². The van der Waals surface area contributed by atoms with E-state index in [9.17, 15) is 9.59 Å². The quantitative estimate of drug-likeness (QED) is 0.783. The van der Waals surface area contributed by atoms with Crippen LogP contribution in [0.3, 0.4) is 0 Å². The Kier molecular flexibility index (Phi) is 6.17. The Bertz CT molecular complexity index is 766. The molecule has 0 saturated heterocycles. The minimum atomic E-state index is -0.269. The van der Waals surface area contributed by atoms with Gasteiger partial charge in [0.2, 0.25) is 5.91 Å². The molecule has 1 aliphatic carbocycles. The molecule has 0 radical (unpaired) electrons. The number of hydrogen-bond donors (Lipinski definition) is 1. The second kappa shape index (κ2) is 8.76. The van der Waals surface area contributed by atoms with Crippen LogP contribution >= 0.6 is 0 Å². The molecular weight excluding hydrogens is 318 g/mol. The monoisotopic (exact) mass is 343 g/mol. The summed E-state index contributed by atoms with van der Waals surface area (Å²) in [6.07, 6.45) is 8.59. The second-order valence-corrected chi connectivity index (χ2v) is 6.51. The molecule has 1 fully saturated rings. The predicted octanol–water partition coefficient (Wildman–Crippen LogP) is 2.25. The molecule has 3 rings (SSSR count). The van der Waals surface area contributed by atoms with Gasteiger partial charge < -0.3 is 10.1 Å². The number of nitrogens with one attached hydrogen (secondary N) is 1. The zero-order valence-electron chi connectivity index (χ0n) is 14.4.